The van der Waals surface area contributed by atoms with Gasteiger partial charge in [0.1, 0.15) is 5.60 Å². The number of carbonyl (C=O) groups is 1. The maximum absolute atomic E-state index is 11.3. The zero-order chi connectivity index (χ0) is 10.8. The highest BCUT2D eigenvalue weighted by Crippen LogP contribution is 2.32. The summed E-state index contributed by atoms with van der Waals surface area (Å²) in [4.78, 5) is 12.0. The summed E-state index contributed by atoms with van der Waals surface area (Å²) in [7, 11) is 1.32. The number of hydrogen-bond acceptors (Lipinski definition) is 4. The summed E-state index contributed by atoms with van der Waals surface area (Å²) in [6, 6.07) is 3.66. The fourth-order valence-corrected chi connectivity index (χ4v) is 2.06. The van der Waals surface area contributed by atoms with Gasteiger partial charge in [0.2, 0.25) is 0 Å². The predicted octanol–water partition coefficient (Wildman–Crippen LogP) is 1.76. The second kappa shape index (κ2) is 4.11. The van der Waals surface area contributed by atoms with Crippen molar-refractivity contribution in [3.63, 3.8) is 0 Å². The van der Waals surface area contributed by atoms with Crippen molar-refractivity contribution in [1.82, 2.24) is 0 Å². The van der Waals surface area contributed by atoms with E-state index in [-0.39, 0.29) is 0 Å². The van der Waals surface area contributed by atoms with Crippen LogP contribution in [0.1, 0.15) is 18.7 Å². The molecule has 0 saturated heterocycles. The van der Waals surface area contributed by atoms with Crippen LogP contribution in [-0.2, 0) is 15.1 Å². The predicted molar refractivity (Wildman–Crippen MR) is 55.1 cm³/mol. The smallest absolute Gasteiger partial charge is 0.311 e. The molecule has 0 aliphatic carbocycles. The molecule has 2 atom stereocenters. The van der Waals surface area contributed by atoms with Gasteiger partial charge in [-0.05, 0) is 25.3 Å². The maximum Gasteiger partial charge on any atom is 0.311 e. The highest BCUT2D eigenvalue weighted by atomic mass is 32.1. The molecule has 0 spiro atoms. The SMILES string of the molecule is COC(=O)[C@@H](C)[C@](C)(O)c1cccs1. The zero-order valence-corrected chi connectivity index (χ0v) is 9.30. The van der Waals surface area contributed by atoms with Gasteiger partial charge in [-0.2, -0.15) is 0 Å². The molecule has 0 aliphatic rings. The van der Waals surface area contributed by atoms with E-state index in [0.717, 1.165) is 4.88 Å². The van der Waals surface area contributed by atoms with Gasteiger partial charge in [0.05, 0.1) is 13.0 Å². The lowest BCUT2D eigenvalue weighted by molar-refractivity contribution is -0.154. The lowest BCUT2D eigenvalue weighted by Gasteiger charge is -2.27. The molecule has 14 heavy (non-hydrogen) atoms. The van der Waals surface area contributed by atoms with Crippen molar-refractivity contribution in [3.05, 3.63) is 22.4 Å². The standard InChI is InChI=1S/C10H14O3S/c1-7(9(11)13-3)10(2,12)8-5-4-6-14-8/h4-7,12H,1-3H3/t7-,10+/m1/s1. The van der Waals surface area contributed by atoms with E-state index < -0.39 is 17.5 Å². The van der Waals surface area contributed by atoms with E-state index in [2.05, 4.69) is 4.74 Å². The fourth-order valence-electron chi connectivity index (χ4n) is 1.19. The Morgan fingerprint density at radius 3 is 2.79 bits per heavy atom. The van der Waals surface area contributed by atoms with Gasteiger partial charge in [-0.25, -0.2) is 0 Å². The first kappa shape index (κ1) is 11.2. The largest absolute Gasteiger partial charge is 0.469 e. The van der Waals surface area contributed by atoms with E-state index in [1.165, 1.54) is 18.4 Å². The number of carbonyl (C=O) groups excluding carboxylic acids is 1. The molecular weight excluding hydrogens is 200 g/mol. The first-order valence-corrected chi connectivity index (χ1v) is 5.22. The fraction of sp³-hybridized carbons (Fsp3) is 0.500. The van der Waals surface area contributed by atoms with Crippen LogP contribution in [0.3, 0.4) is 0 Å². The summed E-state index contributed by atoms with van der Waals surface area (Å²) in [6.07, 6.45) is 0. The molecule has 0 fully saturated rings. The van der Waals surface area contributed by atoms with Gasteiger partial charge in [0.25, 0.3) is 0 Å². The lowest BCUT2D eigenvalue weighted by Crippen LogP contribution is -2.35. The minimum absolute atomic E-state index is 0.400. The Labute approximate surface area is 87.3 Å². The van der Waals surface area contributed by atoms with Crippen LogP contribution in [0, 0.1) is 5.92 Å². The topological polar surface area (TPSA) is 46.5 Å². The van der Waals surface area contributed by atoms with Crippen molar-refractivity contribution in [2.24, 2.45) is 5.92 Å². The Balaban J connectivity index is 2.90. The van der Waals surface area contributed by atoms with Crippen molar-refractivity contribution >= 4 is 17.3 Å². The molecule has 0 saturated carbocycles. The van der Waals surface area contributed by atoms with Gasteiger partial charge in [-0.1, -0.05) is 6.07 Å². The summed E-state index contributed by atoms with van der Waals surface area (Å²) in [5.41, 5.74) is -1.15. The Morgan fingerprint density at radius 1 is 1.71 bits per heavy atom. The number of methoxy groups -OCH3 is 1. The first-order valence-electron chi connectivity index (χ1n) is 4.34. The van der Waals surface area contributed by atoms with E-state index in [9.17, 15) is 9.90 Å². The molecule has 1 rings (SSSR count). The van der Waals surface area contributed by atoms with Gasteiger partial charge in [-0.3, -0.25) is 4.79 Å². The number of esters is 1. The van der Waals surface area contributed by atoms with Gasteiger partial charge < -0.3 is 9.84 Å². The third kappa shape index (κ3) is 1.96. The van der Waals surface area contributed by atoms with Crippen LogP contribution in [0.25, 0.3) is 0 Å². The van der Waals surface area contributed by atoms with E-state index in [0.29, 0.717) is 0 Å². The summed E-state index contributed by atoms with van der Waals surface area (Å²) < 4.78 is 4.60. The normalized spacial score (nSPS) is 17.1. The average Bonchev–Trinajstić information content (AvgIpc) is 2.68. The Morgan fingerprint density at radius 2 is 2.36 bits per heavy atom. The molecule has 0 radical (unpaired) electrons. The number of ether oxygens (including phenoxy) is 1. The van der Waals surface area contributed by atoms with Gasteiger partial charge in [0, 0.05) is 4.88 Å². The van der Waals surface area contributed by atoms with E-state index in [4.69, 9.17) is 0 Å². The molecule has 1 aromatic rings. The van der Waals surface area contributed by atoms with Crippen LogP contribution in [0.15, 0.2) is 17.5 Å². The van der Waals surface area contributed by atoms with Crippen molar-refractivity contribution < 1.29 is 14.6 Å². The summed E-state index contributed by atoms with van der Waals surface area (Å²) in [5, 5.41) is 12.0. The molecule has 3 nitrogen and oxygen atoms in total. The van der Waals surface area contributed by atoms with Crippen LogP contribution >= 0.6 is 11.3 Å². The van der Waals surface area contributed by atoms with E-state index >= 15 is 0 Å². The van der Waals surface area contributed by atoms with Crippen LogP contribution in [-0.4, -0.2) is 18.2 Å². The number of thiophene rings is 1. The van der Waals surface area contributed by atoms with Crippen LogP contribution < -0.4 is 0 Å². The first-order chi connectivity index (χ1) is 6.50. The molecule has 4 heteroatoms. The molecule has 0 aromatic carbocycles. The second-order valence-electron chi connectivity index (χ2n) is 3.37. The van der Waals surface area contributed by atoms with Gasteiger partial charge in [0.15, 0.2) is 0 Å². The van der Waals surface area contributed by atoms with Crippen LogP contribution in [0.4, 0.5) is 0 Å². The summed E-state index contributed by atoms with van der Waals surface area (Å²) in [6.45, 7) is 3.28. The average molecular weight is 214 g/mol. The molecule has 1 heterocycles. The molecule has 0 unspecified atom stereocenters. The van der Waals surface area contributed by atoms with E-state index in [1.54, 1.807) is 13.8 Å². The molecule has 78 valence electrons. The molecule has 0 bridgehead atoms. The Hall–Kier alpha value is -0.870. The van der Waals surface area contributed by atoms with Gasteiger partial charge >= 0.3 is 5.97 Å². The highest BCUT2D eigenvalue weighted by molar-refractivity contribution is 7.10. The third-order valence-corrected chi connectivity index (χ3v) is 3.51. The third-order valence-electron chi connectivity index (χ3n) is 2.42. The van der Waals surface area contributed by atoms with Crippen molar-refractivity contribution in [2.45, 2.75) is 19.4 Å². The monoisotopic (exact) mass is 214 g/mol. The minimum atomic E-state index is -1.15. The van der Waals surface area contributed by atoms with E-state index in [1.807, 2.05) is 17.5 Å². The lowest BCUT2D eigenvalue weighted by atomic mass is 9.89. The van der Waals surface area contributed by atoms with Crippen molar-refractivity contribution in [3.8, 4) is 0 Å². The number of aliphatic hydroxyl groups is 1. The quantitative estimate of drug-likeness (QED) is 0.780. The Kier molecular flexibility index (Phi) is 3.29. The zero-order valence-electron chi connectivity index (χ0n) is 8.48. The van der Waals surface area contributed by atoms with Gasteiger partial charge in [-0.15, -0.1) is 11.3 Å². The second-order valence-corrected chi connectivity index (χ2v) is 4.32. The highest BCUT2D eigenvalue weighted by Gasteiger charge is 2.36. The molecule has 0 aliphatic heterocycles. The minimum Gasteiger partial charge on any atom is -0.469 e. The number of rotatable bonds is 3. The maximum atomic E-state index is 11.3. The molecule has 1 aromatic heterocycles. The van der Waals surface area contributed by atoms with Crippen LogP contribution in [0.2, 0.25) is 0 Å². The van der Waals surface area contributed by atoms with Crippen molar-refractivity contribution in [1.29, 1.82) is 0 Å². The Bertz CT molecular complexity index is 303. The number of hydrogen-bond donors (Lipinski definition) is 1. The molecule has 0 amide bonds. The van der Waals surface area contributed by atoms with Crippen LogP contribution in [0.5, 0.6) is 0 Å². The molecular formula is C10H14O3S. The van der Waals surface area contributed by atoms with Crippen molar-refractivity contribution in [2.75, 3.05) is 7.11 Å². The summed E-state index contributed by atoms with van der Waals surface area (Å²) in [5.74, 6) is -0.963. The molecule has 1 N–H and O–H groups in total. The summed E-state index contributed by atoms with van der Waals surface area (Å²) >= 11 is 1.43.